The van der Waals surface area contributed by atoms with Gasteiger partial charge < -0.3 is 15.3 Å². The van der Waals surface area contributed by atoms with Crippen LogP contribution in [0.25, 0.3) is 10.4 Å². The standard InChI is InChI=1S/C4N10O5/c5-12-6-1-3(10-18-8-1)13(15)7-2-4(14(16)17)11-19-9-2. The lowest BCUT2D eigenvalue weighted by molar-refractivity contribution is -0.442. The van der Waals surface area contributed by atoms with E-state index in [4.69, 9.17) is 5.53 Å². The lowest BCUT2D eigenvalue weighted by Gasteiger charge is -1.96. The number of hydrogen-bond acceptors (Lipinski definition) is 11. The molecule has 2 heterocycles. The molecule has 0 aliphatic rings. The van der Waals surface area contributed by atoms with Crippen LogP contribution >= 0.6 is 0 Å². The van der Waals surface area contributed by atoms with Gasteiger partial charge in [0, 0.05) is 10.1 Å². The summed E-state index contributed by atoms with van der Waals surface area (Å²) in [6.07, 6.45) is 0. The molecule has 0 bridgehead atoms. The van der Waals surface area contributed by atoms with Gasteiger partial charge in [-0.15, -0.1) is 14.1 Å². The third-order valence-electron chi connectivity index (χ3n) is 1.59. The zero-order valence-corrected chi connectivity index (χ0v) is 8.51. The monoisotopic (exact) mass is 268 g/mol. The third kappa shape index (κ3) is 2.24. The number of azide groups is 1. The molecule has 0 N–H and O–H groups in total. The number of nitro groups is 1. The first-order valence-electron chi connectivity index (χ1n) is 4.17. The zero-order valence-electron chi connectivity index (χ0n) is 8.51. The predicted molar refractivity (Wildman–Crippen MR) is 49.4 cm³/mol. The Labute approximate surface area is 100.0 Å². The van der Waals surface area contributed by atoms with Gasteiger partial charge in [0.1, 0.15) is 0 Å². The molecule has 0 aliphatic carbocycles. The summed E-state index contributed by atoms with van der Waals surface area (Å²) in [6.45, 7) is 0. The molecule has 0 saturated carbocycles. The summed E-state index contributed by atoms with van der Waals surface area (Å²) in [5.41, 5.74) is 8.19. The van der Waals surface area contributed by atoms with Crippen molar-refractivity contribution in [1.29, 1.82) is 0 Å². The normalized spacial score (nSPS) is 11.1. The molecule has 0 saturated heterocycles. The second-order valence-electron chi connectivity index (χ2n) is 2.64. The molecular formula is C4N10O5. The van der Waals surface area contributed by atoms with E-state index in [1.807, 2.05) is 0 Å². The number of rotatable bonds is 4. The van der Waals surface area contributed by atoms with Crippen molar-refractivity contribution in [1.82, 2.24) is 20.6 Å². The van der Waals surface area contributed by atoms with E-state index in [1.54, 1.807) is 0 Å². The molecule has 0 aromatic carbocycles. The smallest absolute Gasteiger partial charge is 0.465 e. The van der Waals surface area contributed by atoms with Crippen LogP contribution in [-0.2, 0) is 0 Å². The zero-order chi connectivity index (χ0) is 13.8. The quantitative estimate of drug-likeness (QED) is 0.194. The van der Waals surface area contributed by atoms with Gasteiger partial charge in [-0.2, -0.15) is 0 Å². The van der Waals surface area contributed by atoms with E-state index < -0.39 is 28.2 Å². The lowest BCUT2D eigenvalue weighted by Crippen LogP contribution is -1.93. The Kier molecular flexibility index (Phi) is 2.94. The Morgan fingerprint density at radius 1 is 1.11 bits per heavy atom. The van der Waals surface area contributed by atoms with Crippen LogP contribution in [0.15, 0.2) is 19.5 Å². The summed E-state index contributed by atoms with van der Waals surface area (Å²) >= 11 is 0. The van der Waals surface area contributed by atoms with Crippen molar-refractivity contribution in [2.45, 2.75) is 0 Å². The first kappa shape index (κ1) is 11.9. The molecule has 15 heteroatoms. The van der Waals surface area contributed by atoms with Crippen LogP contribution in [0.4, 0.5) is 23.3 Å². The Balaban J connectivity index is 2.43. The predicted octanol–water partition coefficient (Wildman–Crippen LogP) is 1.23. The fraction of sp³-hybridized carbons (Fsp3) is 0. The number of hydrogen-bond donors (Lipinski definition) is 0. The molecular weight excluding hydrogens is 268 g/mol. The van der Waals surface area contributed by atoms with Gasteiger partial charge >= 0.3 is 17.5 Å². The summed E-state index contributed by atoms with van der Waals surface area (Å²) < 4.78 is 8.22. The molecule has 0 spiro atoms. The first-order chi connectivity index (χ1) is 9.13. The number of nitrogens with zero attached hydrogens (tertiary/aromatic N) is 10. The van der Waals surface area contributed by atoms with Gasteiger partial charge in [-0.1, -0.05) is 0 Å². The molecule has 2 aromatic heterocycles. The molecule has 0 aliphatic heterocycles. The van der Waals surface area contributed by atoms with Crippen molar-refractivity contribution in [2.24, 2.45) is 10.2 Å². The largest absolute Gasteiger partial charge is 0.690 e. The maximum atomic E-state index is 11.5. The summed E-state index contributed by atoms with van der Waals surface area (Å²) in [5, 5.41) is 40.3. The topological polar surface area (TPSA) is 208 Å². The van der Waals surface area contributed by atoms with E-state index >= 15 is 0 Å². The summed E-state index contributed by atoms with van der Waals surface area (Å²) in [5.74, 6) is -2.69. The highest BCUT2D eigenvalue weighted by Gasteiger charge is 2.26. The minimum absolute atomic E-state index is 0.243. The minimum atomic E-state index is -0.960. The van der Waals surface area contributed by atoms with Crippen molar-refractivity contribution < 1.29 is 19.0 Å². The third-order valence-corrected chi connectivity index (χ3v) is 1.59. The van der Waals surface area contributed by atoms with E-state index in [2.05, 4.69) is 45.0 Å². The van der Waals surface area contributed by atoms with Crippen molar-refractivity contribution in [2.75, 3.05) is 0 Å². The highest BCUT2D eigenvalue weighted by Crippen LogP contribution is 2.27. The first-order valence-corrected chi connectivity index (χ1v) is 4.17. The Morgan fingerprint density at radius 3 is 2.37 bits per heavy atom. The van der Waals surface area contributed by atoms with E-state index in [-0.39, 0.29) is 4.86 Å². The molecule has 2 aromatic rings. The summed E-state index contributed by atoms with van der Waals surface area (Å²) in [7, 11) is 0. The molecule has 15 nitrogen and oxygen atoms in total. The maximum absolute atomic E-state index is 11.5. The van der Waals surface area contributed by atoms with Crippen molar-refractivity contribution >= 4 is 23.3 Å². The molecule has 0 atom stereocenters. The fourth-order valence-corrected chi connectivity index (χ4v) is 0.896. The SMILES string of the molecule is [N-]=[N+]=Nc1nonc1[N+]([O-])=Nc1nonc1[N+](=O)[O-]. The number of aromatic nitrogens is 4. The molecule has 0 amide bonds. The van der Waals surface area contributed by atoms with Crippen LogP contribution in [0.3, 0.4) is 0 Å². The molecule has 2 rings (SSSR count). The lowest BCUT2D eigenvalue weighted by atomic mass is 10.6. The number of azo groups is 1. The molecule has 96 valence electrons. The minimum Gasteiger partial charge on any atom is -0.690 e. The van der Waals surface area contributed by atoms with Gasteiger partial charge in [-0.25, -0.2) is 0 Å². The van der Waals surface area contributed by atoms with Crippen LogP contribution < -0.4 is 0 Å². The average Bonchev–Trinajstić information content (AvgIpc) is 2.98. The van der Waals surface area contributed by atoms with Crippen LogP contribution in [0.2, 0.25) is 0 Å². The Bertz CT molecular complexity index is 692. The molecule has 0 radical (unpaired) electrons. The average molecular weight is 268 g/mol. The summed E-state index contributed by atoms with van der Waals surface area (Å²) in [6, 6.07) is 0. The van der Waals surface area contributed by atoms with Gasteiger partial charge in [0.25, 0.3) is 5.82 Å². The van der Waals surface area contributed by atoms with Gasteiger partial charge in [-0.3, -0.25) is 0 Å². The van der Waals surface area contributed by atoms with Gasteiger partial charge in [0.05, 0.1) is 0 Å². The maximum Gasteiger partial charge on any atom is 0.465 e. The van der Waals surface area contributed by atoms with Crippen molar-refractivity contribution in [3.8, 4) is 0 Å². The van der Waals surface area contributed by atoms with E-state index in [0.29, 0.717) is 0 Å². The van der Waals surface area contributed by atoms with E-state index in [0.717, 1.165) is 0 Å². The summed E-state index contributed by atoms with van der Waals surface area (Å²) in [4.78, 5) is 11.6. The van der Waals surface area contributed by atoms with Gasteiger partial charge in [0.2, 0.25) is 0 Å². The highest BCUT2D eigenvalue weighted by atomic mass is 16.6. The molecule has 0 fully saturated rings. The van der Waals surface area contributed by atoms with Crippen molar-refractivity contribution in [3.05, 3.63) is 25.8 Å². The highest BCUT2D eigenvalue weighted by molar-refractivity contribution is 5.44. The van der Waals surface area contributed by atoms with Gasteiger partial charge in [0.15, 0.2) is 10.3 Å². The second-order valence-corrected chi connectivity index (χ2v) is 2.64. The second kappa shape index (κ2) is 4.72. The van der Waals surface area contributed by atoms with Crippen LogP contribution in [0.5, 0.6) is 0 Å². The van der Waals surface area contributed by atoms with Crippen molar-refractivity contribution in [3.63, 3.8) is 0 Å². The molecule has 0 unspecified atom stereocenters. The molecule has 19 heavy (non-hydrogen) atoms. The van der Waals surface area contributed by atoms with Crippen LogP contribution in [0.1, 0.15) is 0 Å². The fourth-order valence-electron chi connectivity index (χ4n) is 0.896. The van der Waals surface area contributed by atoms with Crippen LogP contribution in [-0.4, -0.2) is 30.4 Å². The van der Waals surface area contributed by atoms with E-state index in [1.165, 1.54) is 0 Å². The van der Waals surface area contributed by atoms with Gasteiger partial charge in [-0.05, 0) is 25.8 Å². The van der Waals surface area contributed by atoms with E-state index in [9.17, 15) is 15.3 Å². The Morgan fingerprint density at radius 2 is 1.74 bits per heavy atom. The van der Waals surface area contributed by atoms with Crippen LogP contribution in [0, 0.1) is 15.3 Å². The Hall–Kier alpha value is -3.61.